The summed E-state index contributed by atoms with van der Waals surface area (Å²) in [6.07, 6.45) is -1.81. The molecule has 0 spiro atoms. The maximum Gasteiger partial charge on any atom is 0.433 e. The van der Waals surface area contributed by atoms with Gasteiger partial charge in [0.05, 0.1) is 11.9 Å². The van der Waals surface area contributed by atoms with Crippen LogP contribution in [-0.2, 0) is 19.5 Å². The van der Waals surface area contributed by atoms with Gasteiger partial charge in [0.2, 0.25) is 0 Å². The Bertz CT molecular complexity index is 1870. The number of halogens is 4. The first-order valence-electron chi connectivity index (χ1n) is 12.9. The van der Waals surface area contributed by atoms with Crippen LogP contribution in [0.4, 0.5) is 18.9 Å². The van der Waals surface area contributed by atoms with Crippen LogP contribution in [0.2, 0.25) is 5.02 Å². The number of hydrogen-bond donors (Lipinski definition) is 2. The summed E-state index contributed by atoms with van der Waals surface area (Å²) in [6, 6.07) is 5.88. The van der Waals surface area contributed by atoms with E-state index in [0.717, 1.165) is 17.2 Å². The molecule has 0 saturated heterocycles. The molecule has 15 heteroatoms. The minimum Gasteiger partial charge on any atom is -0.471 e. The molecule has 1 aromatic carbocycles. The maximum atomic E-state index is 13.8. The molecule has 4 heterocycles. The molecule has 0 saturated carbocycles. The molecule has 3 N–H and O–H groups in total. The van der Waals surface area contributed by atoms with Crippen molar-refractivity contribution in [2.45, 2.75) is 47.1 Å². The first-order chi connectivity index (χ1) is 20.3. The molecule has 0 radical (unpaired) electrons. The predicted molar refractivity (Wildman–Crippen MR) is 157 cm³/mol. The zero-order chi connectivity index (χ0) is 31.2. The third kappa shape index (κ3) is 5.79. The maximum absolute atomic E-state index is 13.8. The van der Waals surface area contributed by atoms with Gasteiger partial charge in [0.1, 0.15) is 21.2 Å². The zero-order valence-electron chi connectivity index (χ0n) is 23.3. The van der Waals surface area contributed by atoms with Gasteiger partial charge in [-0.3, -0.25) is 14.3 Å². The summed E-state index contributed by atoms with van der Waals surface area (Å²) in [5, 5.41) is 11.9. The molecule has 10 nitrogen and oxygen atoms in total. The van der Waals surface area contributed by atoms with Crippen molar-refractivity contribution in [3.8, 4) is 16.9 Å². The smallest absolute Gasteiger partial charge is 0.433 e. The van der Waals surface area contributed by atoms with Crippen LogP contribution in [0.15, 0.2) is 36.7 Å². The summed E-state index contributed by atoms with van der Waals surface area (Å²) >= 11 is 6.87. The Morgan fingerprint density at radius 2 is 1.84 bits per heavy atom. The number of thiophene rings is 1. The van der Waals surface area contributed by atoms with Gasteiger partial charge in [-0.2, -0.15) is 23.4 Å². The van der Waals surface area contributed by atoms with Crippen LogP contribution in [0.25, 0.3) is 21.3 Å². The molecule has 0 aliphatic heterocycles. The van der Waals surface area contributed by atoms with Gasteiger partial charge in [-0.15, -0.1) is 11.3 Å². The molecule has 0 bridgehead atoms. The van der Waals surface area contributed by atoms with Crippen molar-refractivity contribution in [2.24, 2.45) is 5.73 Å². The van der Waals surface area contributed by atoms with Crippen LogP contribution in [0.1, 0.15) is 49.6 Å². The highest BCUT2D eigenvalue weighted by molar-refractivity contribution is 7.21. The number of benzene rings is 1. The molecule has 4 aromatic heterocycles. The standard InChI is InChI=1S/C28H25ClF3N7O3S/c1-5-39-15(4)18(11-34-39)17-10-20(28(30,31)32)35-27-21(17)23(24(43-27)25(33)40)36-26(41)19-6-7-38(37-19)12-42-16-8-13(2)22(29)14(3)9-16/h6-11H,5,12H2,1-4H3,(H2,33,40)(H,36,41). The Morgan fingerprint density at radius 1 is 1.14 bits per heavy atom. The van der Waals surface area contributed by atoms with Crippen molar-refractivity contribution in [2.75, 3.05) is 5.32 Å². The van der Waals surface area contributed by atoms with Crippen molar-refractivity contribution < 1.29 is 27.5 Å². The van der Waals surface area contributed by atoms with E-state index in [-0.39, 0.29) is 38.8 Å². The molecular weight excluding hydrogens is 607 g/mol. The Hall–Kier alpha value is -4.43. The highest BCUT2D eigenvalue weighted by atomic mass is 35.5. The van der Waals surface area contributed by atoms with Gasteiger partial charge in [0.15, 0.2) is 12.4 Å². The average molecular weight is 632 g/mol. The summed E-state index contributed by atoms with van der Waals surface area (Å²) in [5.74, 6) is -1.09. The van der Waals surface area contributed by atoms with Gasteiger partial charge in [-0.1, -0.05) is 11.6 Å². The van der Waals surface area contributed by atoms with Crippen molar-refractivity contribution >= 4 is 50.7 Å². The van der Waals surface area contributed by atoms with E-state index < -0.39 is 23.7 Å². The number of fused-ring (bicyclic) bond motifs is 1. The lowest BCUT2D eigenvalue weighted by Gasteiger charge is -2.12. The van der Waals surface area contributed by atoms with Crippen LogP contribution in [0.5, 0.6) is 5.75 Å². The lowest BCUT2D eigenvalue weighted by Crippen LogP contribution is -2.18. The summed E-state index contributed by atoms with van der Waals surface area (Å²) < 4.78 is 50.3. The van der Waals surface area contributed by atoms with Crippen molar-refractivity contribution in [1.29, 1.82) is 0 Å². The number of nitrogens with one attached hydrogen (secondary N) is 1. The van der Waals surface area contributed by atoms with E-state index in [0.29, 0.717) is 39.9 Å². The van der Waals surface area contributed by atoms with E-state index in [4.69, 9.17) is 22.1 Å². The Kier molecular flexibility index (Phi) is 7.92. The molecule has 0 fully saturated rings. The second kappa shape index (κ2) is 11.3. The first-order valence-corrected chi connectivity index (χ1v) is 14.1. The van der Waals surface area contributed by atoms with E-state index in [2.05, 4.69) is 20.5 Å². The van der Waals surface area contributed by atoms with Gasteiger partial charge in [-0.25, -0.2) is 9.67 Å². The molecule has 5 aromatic rings. The molecule has 0 unspecified atom stereocenters. The fraction of sp³-hybridized carbons (Fsp3) is 0.250. The number of amides is 2. The van der Waals surface area contributed by atoms with E-state index in [1.54, 1.807) is 23.7 Å². The van der Waals surface area contributed by atoms with Crippen molar-refractivity contribution in [3.63, 3.8) is 0 Å². The number of rotatable bonds is 8. The normalized spacial score (nSPS) is 11.7. The van der Waals surface area contributed by atoms with Crippen LogP contribution < -0.4 is 15.8 Å². The summed E-state index contributed by atoms with van der Waals surface area (Å²) in [6.45, 7) is 7.74. The number of alkyl halides is 3. The van der Waals surface area contributed by atoms with Crippen LogP contribution in [0.3, 0.4) is 0 Å². The molecule has 0 aliphatic carbocycles. The summed E-state index contributed by atoms with van der Waals surface area (Å²) in [4.78, 5) is 29.2. The molecule has 0 aliphatic rings. The predicted octanol–water partition coefficient (Wildman–Crippen LogP) is 6.36. The number of aromatic nitrogens is 5. The number of ether oxygens (including phenoxy) is 1. The van der Waals surface area contributed by atoms with Gasteiger partial charge in [0, 0.05) is 34.4 Å². The molecular formula is C28H25ClF3N7O3S. The van der Waals surface area contributed by atoms with Gasteiger partial charge in [-0.05, 0) is 68.7 Å². The van der Waals surface area contributed by atoms with Crippen LogP contribution >= 0.6 is 22.9 Å². The highest BCUT2D eigenvalue weighted by Gasteiger charge is 2.35. The number of aryl methyl sites for hydroxylation is 3. The van der Waals surface area contributed by atoms with Crippen molar-refractivity contribution in [1.82, 2.24) is 24.5 Å². The van der Waals surface area contributed by atoms with Gasteiger partial charge < -0.3 is 15.8 Å². The quantitative estimate of drug-likeness (QED) is 0.205. The average Bonchev–Trinajstić information content (AvgIpc) is 3.66. The van der Waals surface area contributed by atoms with Crippen molar-refractivity contribution in [3.05, 3.63) is 74.8 Å². The number of carbonyl (C=O) groups excluding carboxylic acids is 2. The number of primary amides is 1. The molecule has 43 heavy (non-hydrogen) atoms. The Labute approximate surface area is 252 Å². The minimum atomic E-state index is -4.77. The third-order valence-electron chi connectivity index (χ3n) is 6.75. The number of carbonyl (C=O) groups is 2. The fourth-order valence-electron chi connectivity index (χ4n) is 4.64. The zero-order valence-corrected chi connectivity index (χ0v) is 24.9. The Morgan fingerprint density at radius 3 is 2.44 bits per heavy atom. The van der Waals surface area contributed by atoms with E-state index in [9.17, 15) is 22.8 Å². The first kappa shape index (κ1) is 30.0. The summed E-state index contributed by atoms with van der Waals surface area (Å²) in [5.41, 5.74) is 7.13. The second-order valence-corrected chi connectivity index (χ2v) is 11.1. The highest BCUT2D eigenvalue weighted by Crippen LogP contribution is 2.44. The lowest BCUT2D eigenvalue weighted by atomic mass is 10.0. The molecule has 5 rings (SSSR count). The van der Waals surface area contributed by atoms with Gasteiger partial charge >= 0.3 is 6.18 Å². The second-order valence-electron chi connectivity index (χ2n) is 9.70. The molecule has 0 atom stereocenters. The van der Waals surface area contributed by atoms with Crippen LogP contribution in [0, 0.1) is 20.8 Å². The Balaban J connectivity index is 1.52. The lowest BCUT2D eigenvalue weighted by molar-refractivity contribution is -0.140. The number of anilines is 1. The van der Waals surface area contributed by atoms with E-state index >= 15 is 0 Å². The molecule has 2 amide bonds. The fourth-order valence-corrected chi connectivity index (χ4v) is 5.76. The molecule has 224 valence electrons. The third-order valence-corrected chi connectivity index (χ3v) is 8.45. The SMILES string of the molecule is CCn1ncc(-c2cc(C(F)(F)F)nc3sc(C(N)=O)c(NC(=O)c4ccn(COc5cc(C)c(Cl)c(C)c5)n4)c23)c1C. The van der Waals surface area contributed by atoms with E-state index in [1.165, 1.54) is 23.1 Å². The number of hydrogen-bond acceptors (Lipinski definition) is 7. The topological polar surface area (TPSA) is 130 Å². The largest absolute Gasteiger partial charge is 0.471 e. The number of pyridine rings is 1. The van der Waals surface area contributed by atoms with Crippen LogP contribution in [-0.4, -0.2) is 36.4 Å². The number of nitrogens with two attached hydrogens (primary N) is 1. The minimum absolute atomic E-state index is 0.0172. The van der Waals surface area contributed by atoms with E-state index in [1.807, 2.05) is 20.8 Å². The van der Waals surface area contributed by atoms with Gasteiger partial charge in [0.25, 0.3) is 11.8 Å². The summed E-state index contributed by atoms with van der Waals surface area (Å²) in [7, 11) is 0. The number of nitrogens with zero attached hydrogens (tertiary/aromatic N) is 5. The monoisotopic (exact) mass is 631 g/mol.